The van der Waals surface area contributed by atoms with Crippen molar-refractivity contribution in [3.05, 3.63) is 71.5 Å². The van der Waals surface area contributed by atoms with E-state index in [0.717, 1.165) is 17.9 Å². The van der Waals surface area contributed by atoms with E-state index in [1.165, 1.54) is 18.4 Å². The molecule has 6 nitrogen and oxygen atoms in total. The number of aromatic nitrogens is 2. The van der Waals surface area contributed by atoms with Gasteiger partial charge in [-0.15, -0.1) is 0 Å². The van der Waals surface area contributed by atoms with Gasteiger partial charge in [0.05, 0.1) is 12.7 Å². The number of aryl methyl sites for hydroxylation is 1. The topological polar surface area (TPSA) is 67.3 Å². The number of nitrogens with zero attached hydrogens (tertiary/aromatic N) is 3. The summed E-state index contributed by atoms with van der Waals surface area (Å²) >= 11 is 0. The minimum Gasteiger partial charge on any atom is -0.465 e. The van der Waals surface area contributed by atoms with Crippen LogP contribution in [0, 0.1) is 6.92 Å². The van der Waals surface area contributed by atoms with E-state index in [2.05, 4.69) is 51.4 Å². The molecule has 6 heteroatoms. The fraction of sp³-hybridized carbons (Fsp3) is 0.227. The van der Waals surface area contributed by atoms with Gasteiger partial charge >= 0.3 is 5.97 Å². The monoisotopic (exact) mass is 374 g/mol. The number of carbonyl (C=O) groups excluding carboxylic acids is 1. The smallest absolute Gasteiger partial charge is 0.337 e. The van der Waals surface area contributed by atoms with Crippen molar-refractivity contribution < 1.29 is 9.53 Å². The van der Waals surface area contributed by atoms with Gasteiger partial charge in [0.2, 0.25) is 0 Å². The Kier molecular flexibility index (Phi) is 4.69. The Morgan fingerprint density at radius 3 is 2.79 bits per heavy atom. The third kappa shape index (κ3) is 3.41. The maximum absolute atomic E-state index is 11.8. The molecule has 0 spiro atoms. The summed E-state index contributed by atoms with van der Waals surface area (Å²) < 4.78 is 4.79. The second kappa shape index (κ2) is 7.31. The number of anilines is 4. The number of rotatable bonds is 4. The first kappa shape index (κ1) is 18.0. The van der Waals surface area contributed by atoms with Crippen LogP contribution in [0.3, 0.4) is 0 Å². The van der Waals surface area contributed by atoms with Gasteiger partial charge in [-0.2, -0.15) is 0 Å². The summed E-state index contributed by atoms with van der Waals surface area (Å²) in [4.78, 5) is 23.2. The van der Waals surface area contributed by atoms with Crippen LogP contribution in [0.5, 0.6) is 0 Å². The Morgan fingerprint density at radius 1 is 1.14 bits per heavy atom. The number of hydrogen-bond acceptors (Lipinski definition) is 6. The minimum atomic E-state index is -0.370. The van der Waals surface area contributed by atoms with Gasteiger partial charge in [-0.25, -0.2) is 14.8 Å². The molecule has 1 atom stereocenters. The SMILES string of the molecule is COC(=O)c1cccc(Nc2cc(N3c4ccccc4CC3C)nc(C)n2)c1. The lowest BCUT2D eigenvalue weighted by Crippen LogP contribution is -2.25. The Bertz CT molecular complexity index is 1030. The summed E-state index contributed by atoms with van der Waals surface area (Å²) in [6.45, 7) is 4.08. The molecule has 3 aromatic rings. The number of fused-ring (bicyclic) bond motifs is 1. The summed E-state index contributed by atoms with van der Waals surface area (Å²) in [5.41, 5.74) is 3.76. The van der Waals surface area contributed by atoms with E-state index in [4.69, 9.17) is 4.74 Å². The Labute approximate surface area is 164 Å². The molecule has 2 heterocycles. The van der Waals surface area contributed by atoms with Crippen molar-refractivity contribution in [3.8, 4) is 0 Å². The van der Waals surface area contributed by atoms with Gasteiger partial charge in [0.25, 0.3) is 0 Å². The molecule has 0 aliphatic carbocycles. The number of esters is 1. The number of hydrogen-bond donors (Lipinski definition) is 1. The predicted molar refractivity (Wildman–Crippen MR) is 110 cm³/mol. The Hall–Kier alpha value is -3.41. The molecular weight excluding hydrogens is 352 g/mol. The first-order chi connectivity index (χ1) is 13.5. The highest BCUT2D eigenvalue weighted by Gasteiger charge is 2.28. The van der Waals surface area contributed by atoms with Crippen molar-refractivity contribution >= 4 is 29.0 Å². The van der Waals surface area contributed by atoms with Gasteiger partial charge in [0.15, 0.2) is 0 Å². The highest BCUT2D eigenvalue weighted by atomic mass is 16.5. The fourth-order valence-electron chi connectivity index (χ4n) is 3.64. The molecule has 0 saturated heterocycles. The molecule has 1 N–H and O–H groups in total. The van der Waals surface area contributed by atoms with Crippen LogP contribution in [-0.4, -0.2) is 29.1 Å². The standard InChI is InChI=1S/C22H22N4O2/c1-14-11-16-7-4-5-10-19(16)26(14)21-13-20(23-15(2)24-21)25-18-9-6-8-17(12-18)22(27)28-3/h4-10,12-14H,11H2,1-3H3,(H,23,24,25). The van der Waals surface area contributed by atoms with Crippen LogP contribution >= 0.6 is 0 Å². The zero-order chi connectivity index (χ0) is 19.7. The number of nitrogens with one attached hydrogen (secondary N) is 1. The average molecular weight is 374 g/mol. The summed E-state index contributed by atoms with van der Waals surface area (Å²) in [6, 6.07) is 17.8. The van der Waals surface area contributed by atoms with Gasteiger partial charge in [0.1, 0.15) is 17.5 Å². The summed E-state index contributed by atoms with van der Waals surface area (Å²) in [7, 11) is 1.37. The summed E-state index contributed by atoms with van der Waals surface area (Å²) in [5.74, 6) is 1.85. The number of ether oxygens (including phenoxy) is 1. The highest BCUT2D eigenvalue weighted by molar-refractivity contribution is 5.90. The number of carbonyl (C=O) groups is 1. The molecule has 142 valence electrons. The Morgan fingerprint density at radius 2 is 1.96 bits per heavy atom. The van der Waals surface area contributed by atoms with Gasteiger partial charge in [-0.3, -0.25) is 0 Å². The molecule has 0 radical (unpaired) electrons. The average Bonchev–Trinajstić information content (AvgIpc) is 3.02. The van der Waals surface area contributed by atoms with Crippen molar-refractivity contribution in [2.75, 3.05) is 17.3 Å². The van der Waals surface area contributed by atoms with Crippen molar-refractivity contribution in [2.24, 2.45) is 0 Å². The van der Waals surface area contributed by atoms with Crippen LogP contribution in [0.15, 0.2) is 54.6 Å². The van der Waals surface area contributed by atoms with Gasteiger partial charge in [0, 0.05) is 23.5 Å². The van der Waals surface area contributed by atoms with Crippen molar-refractivity contribution in [1.82, 2.24) is 9.97 Å². The molecule has 0 saturated carbocycles. The van der Waals surface area contributed by atoms with E-state index < -0.39 is 0 Å². The van der Waals surface area contributed by atoms with Crippen molar-refractivity contribution in [2.45, 2.75) is 26.3 Å². The fourth-order valence-corrected chi connectivity index (χ4v) is 3.64. The normalized spacial score (nSPS) is 15.2. The van der Waals surface area contributed by atoms with Crippen LogP contribution in [0.25, 0.3) is 0 Å². The lowest BCUT2D eigenvalue weighted by atomic mass is 10.1. The molecular formula is C22H22N4O2. The molecule has 4 rings (SSSR count). The van der Waals surface area contributed by atoms with E-state index in [9.17, 15) is 4.79 Å². The van der Waals surface area contributed by atoms with Gasteiger partial charge in [-0.1, -0.05) is 24.3 Å². The molecule has 0 fully saturated rings. The predicted octanol–water partition coefficient (Wildman–Crippen LogP) is 4.40. The van der Waals surface area contributed by atoms with Crippen LogP contribution in [0.2, 0.25) is 0 Å². The van der Waals surface area contributed by atoms with E-state index in [-0.39, 0.29) is 5.97 Å². The van der Waals surface area contributed by atoms with Crippen LogP contribution in [0.4, 0.5) is 23.0 Å². The number of methoxy groups -OCH3 is 1. The highest BCUT2D eigenvalue weighted by Crippen LogP contribution is 2.37. The summed E-state index contributed by atoms with van der Waals surface area (Å²) in [6.07, 6.45) is 0.989. The Balaban J connectivity index is 1.66. The largest absolute Gasteiger partial charge is 0.465 e. The van der Waals surface area contributed by atoms with Crippen LogP contribution < -0.4 is 10.2 Å². The third-order valence-corrected chi connectivity index (χ3v) is 4.83. The zero-order valence-electron chi connectivity index (χ0n) is 16.1. The summed E-state index contributed by atoms with van der Waals surface area (Å²) in [5, 5.41) is 3.28. The second-order valence-electron chi connectivity index (χ2n) is 6.91. The molecule has 1 unspecified atom stereocenters. The molecule has 0 bridgehead atoms. The first-order valence-corrected chi connectivity index (χ1v) is 9.23. The molecule has 1 aliphatic heterocycles. The van der Waals surface area contributed by atoms with E-state index in [1.807, 2.05) is 25.1 Å². The minimum absolute atomic E-state index is 0.321. The van der Waals surface area contributed by atoms with Gasteiger partial charge < -0.3 is 15.0 Å². The van der Waals surface area contributed by atoms with Crippen molar-refractivity contribution in [3.63, 3.8) is 0 Å². The van der Waals surface area contributed by atoms with E-state index in [0.29, 0.717) is 23.2 Å². The van der Waals surface area contributed by atoms with Crippen molar-refractivity contribution in [1.29, 1.82) is 0 Å². The molecule has 1 aliphatic rings. The quantitative estimate of drug-likeness (QED) is 0.683. The molecule has 1 aromatic heterocycles. The van der Waals surface area contributed by atoms with Crippen LogP contribution in [0.1, 0.15) is 28.7 Å². The molecule has 28 heavy (non-hydrogen) atoms. The number of para-hydroxylation sites is 1. The van der Waals surface area contributed by atoms with Gasteiger partial charge in [-0.05, 0) is 50.1 Å². The lowest BCUT2D eigenvalue weighted by Gasteiger charge is -2.24. The molecule has 2 aromatic carbocycles. The van der Waals surface area contributed by atoms with E-state index in [1.54, 1.807) is 12.1 Å². The zero-order valence-corrected chi connectivity index (χ0v) is 16.1. The third-order valence-electron chi connectivity index (χ3n) is 4.83. The van der Waals surface area contributed by atoms with E-state index >= 15 is 0 Å². The molecule has 0 amide bonds. The first-order valence-electron chi connectivity index (χ1n) is 9.23. The van der Waals surface area contributed by atoms with Crippen LogP contribution in [-0.2, 0) is 11.2 Å². The maximum Gasteiger partial charge on any atom is 0.337 e. The number of benzene rings is 2. The second-order valence-corrected chi connectivity index (χ2v) is 6.91. The lowest BCUT2D eigenvalue weighted by molar-refractivity contribution is 0.0601. The maximum atomic E-state index is 11.8.